The molecule has 5 heteroatoms. The Kier molecular flexibility index (Phi) is 7.81. The lowest BCUT2D eigenvalue weighted by molar-refractivity contribution is 0.666. The Balaban J connectivity index is 0.993. The Morgan fingerprint density at radius 3 is 1.59 bits per heavy atom. The quantitative estimate of drug-likeness (QED) is 0.169. The summed E-state index contributed by atoms with van der Waals surface area (Å²) >= 11 is 0. The number of fused-ring (bicyclic) bond motifs is 8. The standard InChI is InChI=1S/C56H39N5/c1-56(2)47-27-14-12-26-44(47)52-51(56)46-35-49-45(34-50(46)61(52)41-23-10-5-11-24-41)43-25-13-15-28-48(43)60(49)42-31-29-36(30-32-42)39-21-16-22-40(33-39)55-58-53(37-17-6-3-7-18-37)57-54(59-55)38-19-8-4-9-20-38/h3-35H,1-2H3. The van der Waals surface area contributed by atoms with E-state index in [0.29, 0.717) is 17.5 Å². The smallest absolute Gasteiger partial charge is 0.164 e. The Hall–Kier alpha value is -7.89. The maximum absolute atomic E-state index is 5.00. The number of hydrogen-bond acceptors (Lipinski definition) is 3. The molecule has 0 unspecified atom stereocenters. The van der Waals surface area contributed by atoms with Gasteiger partial charge in [-0.05, 0) is 70.8 Å². The number of nitrogens with zero attached hydrogens (tertiary/aromatic N) is 5. The van der Waals surface area contributed by atoms with Crippen LogP contribution >= 0.6 is 0 Å². The lowest BCUT2D eigenvalue weighted by atomic mass is 9.81. The zero-order valence-electron chi connectivity index (χ0n) is 33.8. The maximum Gasteiger partial charge on any atom is 0.164 e. The topological polar surface area (TPSA) is 48.5 Å². The van der Waals surface area contributed by atoms with Crippen LogP contribution in [0.3, 0.4) is 0 Å². The molecule has 3 heterocycles. The molecule has 0 saturated carbocycles. The third kappa shape index (κ3) is 5.51. The Bertz CT molecular complexity index is 3410. The third-order valence-electron chi connectivity index (χ3n) is 12.5. The predicted molar refractivity (Wildman–Crippen MR) is 250 cm³/mol. The van der Waals surface area contributed by atoms with Crippen molar-refractivity contribution in [3.05, 3.63) is 211 Å². The van der Waals surface area contributed by atoms with Crippen LogP contribution in [0, 0.1) is 0 Å². The van der Waals surface area contributed by atoms with E-state index in [1.165, 1.54) is 60.8 Å². The van der Waals surface area contributed by atoms with E-state index in [1.54, 1.807) is 0 Å². The summed E-state index contributed by atoms with van der Waals surface area (Å²) in [4.78, 5) is 14.9. The van der Waals surface area contributed by atoms with Crippen LogP contribution in [-0.4, -0.2) is 24.1 Å². The molecule has 3 aromatic heterocycles. The molecule has 11 aromatic rings. The Morgan fingerprint density at radius 1 is 0.361 bits per heavy atom. The van der Waals surface area contributed by atoms with Crippen LogP contribution < -0.4 is 0 Å². The van der Waals surface area contributed by atoms with Gasteiger partial charge in [0.15, 0.2) is 17.5 Å². The van der Waals surface area contributed by atoms with Gasteiger partial charge < -0.3 is 9.13 Å². The van der Waals surface area contributed by atoms with Gasteiger partial charge in [0.2, 0.25) is 0 Å². The van der Waals surface area contributed by atoms with Crippen molar-refractivity contribution in [2.24, 2.45) is 0 Å². The van der Waals surface area contributed by atoms with E-state index in [2.05, 4.69) is 163 Å². The van der Waals surface area contributed by atoms with Gasteiger partial charge in [-0.15, -0.1) is 0 Å². The maximum atomic E-state index is 5.00. The molecule has 0 fully saturated rings. The van der Waals surface area contributed by atoms with Gasteiger partial charge in [0, 0.05) is 55.2 Å². The van der Waals surface area contributed by atoms with Gasteiger partial charge in [-0.25, -0.2) is 15.0 Å². The van der Waals surface area contributed by atoms with Gasteiger partial charge in [0.05, 0.1) is 22.2 Å². The molecule has 0 atom stereocenters. The molecular formula is C56H39N5. The molecule has 0 N–H and O–H groups in total. The summed E-state index contributed by atoms with van der Waals surface area (Å²) in [6, 6.07) is 71.2. The summed E-state index contributed by atoms with van der Waals surface area (Å²) < 4.78 is 4.93. The molecular weight excluding hydrogens is 743 g/mol. The van der Waals surface area contributed by atoms with Crippen LogP contribution in [-0.2, 0) is 5.41 Å². The van der Waals surface area contributed by atoms with Crippen LogP contribution in [0.1, 0.15) is 25.0 Å². The first-order valence-corrected chi connectivity index (χ1v) is 20.9. The number of rotatable bonds is 6. The first kappa shape index (κ1) is 35.1. The zero-order valence-corrected chi connectivity index (χ0v) is 33.8. The summed E-state index contributed by atoms with van der Waals surface area (Å²) in [5, 5.41) is 3.76. The van der Waals surface area contributed by atoms with Crippen LogP contribution in [0.2, 0.25) is 0 Å². The van der Waals surface area contributed by atoms with E-state index < -0.39 is 0 Å². The minimum absolute atomic E-state index is 0.168. The summed E-state index contributed by atoms with van der Waals surface area (Å²) in [5.41, 5.74) is 16.1. The predicted octanol–water partition coefficient (Wildman–Crippen LogP) is 13.9. The summed E-state index contributed by atoms with van der Waals surface area (Å²) in [6.07, 6.45) is 0. The average Bonchev–Trinajstić information content (AvgIpc) is 3.92. The van der Waals surface area contributed by atoms with E-state index in [1.807, 2.05) is 60.7 Å². The molecule has 0 radical (unpaired) electrons. The second-order valence-corrected chi connectivity index (χ2v) is 16.5. The minimum Gasteiger partial charge on any atom is -0.309 e. The molecule has 0 aliphatic heterocycles. The van der Waals surface area contributed by atoms with Crippen molar-refractivity contribution in [2.75, 3.05) is 0 Å². The lowest BCUT2D eigenvalue weighted by Crippen LogP contribution is -2.14. The Morgan fingerprint density at radius 2 is 0.885 bits per heavy atom. The van der Waals surface area contributed by atoms with E-state index in [9.17, 15) is 0 Å². The molecule has 288 valence electrons. The summed E-state index contributed by atoms with van der Waals surface area (Å²) in [7, 11) is 0. The third-order valence-corrected chi connectivity index (χ3v) is 12.5. The molecule has 0 bridgehead atoms. The van der Waals surface area contributed by atoms with Crippen molar-refractivity contribution in [3.63, 3.8) is 0 Å². The molecule has 0 amide bonds. The monoisotopic (exact) mass is 781 g/mol. The molecule has 1 aliphatic carbocycles. The first-order chi connectivity index (χ1) is 30.0. The fourth-order valence-corrected chi connectivity index (χ4v) is 9.71. The SMILES string of the molecule is CC1(C)c2ccccc2-c2c1c1cc3c(cc1n2-c1ccccc1)c1ccccc1n3-c1ccc(-c2cccc(-c3nc(-c4ccccc4)nc(-c4ccccc4)n3)c2)cc1. The highest BCUT2D eigenvalue weighted by Gasteiger charge is 2.40. The van der Waals surface area contributed by atoms with Crippen molar-refractivity contribution < 1.29 is 0 Å². The second kappa shape index (κ2) is 13.6. The molecule has 0 spiro atoms. The highest BCUT2D eigenvalue weighted by atomic mass is 15.0. The van der Waals surface area contributed by atoms with Gasteiger partial charge in [-0.3, -0.25) is 0 Å². The van der Waals surface area contributed by atoms with Gasteiger partial charge >= 0.3 is 0 Å². The van der Waals surface area contributed by atoms with Crippen molar-refractivity contribution in [3.8, 4) is 67.9 Å². The van der Waals surface area contributed by atoms with E-state index in [4.69, 9.17) is 15.0 Å². The van der Waals surface area contributed by atoms with E-state index in [0.717, 1.165) is 33.5 Å². The average molecular weight is 782 g/mol. The van der Waals surface area contributed by atoms with Crippen molar-refractivity contribution in [1.82, 2.24) is 24.1 Å². The van der Waals surface area contributed by atoms with Crippen LogP contribution in [0.15, 0.2) is 200 Å². The first-order valence-electron chi connectivity index (χ1n) is 20.9. The van der Waals surface area contributed by atoms with Crippen LogP contribution in [0.4, 0.5) is 0 Å². The van der Waals surface area contributed by atoms with Crippen LogP contribution in [0.5, 0.6) is 0 Å². The van der Waals surface area contributed by atoms with E-state index in [-0.39, 0.29) is 5.41 Å². The number of para-hydroxylation sites is 2. The molecule has 1 aliphatic rings. The van der Waals surface area contributed by atoms with E-state index >= 15 is 0 Å². The van der Waals surface area contributed by atoms with Gasteiger partial charge in [0.25, 0.3) is 0 Å². The minimum atomic E-state index is -0.168. The van der Waals surface area contributed by atoms with Gasteiger partial charge in [0.1, 0.15) is 0 Å². The van der Waals surface area contributed by atoms with Gasteiger partial charge in [-0.2, -0.15) is 0 Å². The highest BCUT2D eigenvalue weighted by Crippen LogP contribution is 2.54. The van der Waals surface area contributed by atoms with Gasteiger partial charge in [-0.1, -0.05) is 166 Å². The van der Waals surface area contributed by atoms with Crippen LogP contribution in [0.25, 0.3) is 101 Å². The number of aromatic nitrogens is 5. The largest absolute Gasteiger partial charge is 0.309 e. The summed E-state index contributed by atoms with van der Waals surface area (Å²) in [5.74, 6) is 1.94. The lowest BCUT2D eigenvalue weighted by Gasteiger charge is -2.21. The molecule has 5 nitrogen and oxygen atoms in total. The molecule has 61 heavy (non-hydrogen) atoms. The number of hydrogen-bond donors (Lipinski definition) is 0. The second-order valence-electron chi connectivity index (χ2n) is 16.5. The molecule has 12 rings (SSSR count). The molecule has 0 saturated heterocycles. The fraction of sp³-hybridized carbons (Fsp3) is 0.0536. The Labute approximate surface area is 353 Å². The van der Waals surface area contributed by atoms with Crippen molar-refractivity contribution in [1.29, 1.82) is 0 Å². The normalized spacial score (nSPS) is 12.9. The van der Waals surface area contributed by atoms with Crippen molar-refractivity contribution >= 4 is 32.7 Å². The zero-order chi connectivity index (χ0) is 40.7. The van der Waals surface area contributed by atoms with Crippen molar-refractivity contribution in [2.45, 2.75) is 19.3 Å². The fourth-order valence-electron chi connectivity index (χ4n) is 9.71. The molecule has 8 aromatic carbocycles. The summed E-state index contributed by atoms with van der Waals surface area (Å²) in [6.45, 7) is 4.76. The highest BCUT2D eigenvalue weighted by molar-refractivity contribution is 6.15. The number of benzene rings is 8.